The van der Waals surface area contributed by atoms with Crippen molar-refractivity contribution in [2.45, 2.75) is 6.42 Å². The number of nitrogens with zero attached hydrogens (tertiary/aromatic N) is 5. The van der Waals surface area contributed by atoms with E-state index in [1.54, 1.807) is 24.5 Å². The van der Waals surface area contributed by atoms with Crippen molar-refractivity contribution >= 4 is 28.4 Å². The number of likely N-dealkylation sites (N-methyl/N-ethyl adjacent to an activating group) is 1. The van der Waals surface area contributed by atoms with Crippen LogP contribution in [0.1, 0.15) is 5.56 Å². The van der Waals surface area contributed by atoms with Crippen molar-refractivity contribution in [1.82, 2.24) is 24.8 Å². The van der Waals surface area contributed by atoms with Gasteiger partial charge in [-0.1, -0.05) is 18.2 Å². The number of hydrogen-bond acceptors (Lipinski definition) is 6. The molecule has 39 heavy (non-hydrogen) atoms. The van der Waals surface area contributed by atoms with Gasteiger partial charge in [0, 0.05) is 50.3 Å². The molecule has 0 bridgehead atoms. The lowest BCUT2D eigenvalue weighted by molar-refractivity contribution is -0.115. The van der Waals surface area contributed by atoms with Crippen molar-refractivity contribution in [2.24, 2.45) is 0 Å². The number of amides is 1. The van der Waals surface area contributed by atoms with Crippen LogP contribution in [0.5, 0.6) is 0 Å². The van der Waals surface area contributed by atoms with Crippen molar-refractivity contribution in [1.29, 1.82) is 0 Å². The van der Waals surface area contributed by atoms with Crippen LogP contribution in [0.4, 0.5) is 15.9 Å². The third-order valence-corrected chi connectivity index (χ3v) is 7.02. The van der Waals surface area contributed by atoms with E-state index in [9.17, 15) is 9.18 Å². The van der Waals surface area contributed by atoms with Crippen molar-refractivity contribution in [3.8, 4) is 22.5 Å². The molecule has 0 aliphatic carbocycles. The molecule has 0 unspecified atom stereocenters. The second-order valence-electron chi connectivity index (χ2n) is 9.72. The zero-order chi connectivity index (χ0) is 26.8. The predicted molar refractivity (Wildman–Crippen MR) is 151 cm³/mol. The average molecular weight is 522 g/mol. The van der Waals surface area contributed by atoms with E-state index in [0.717, 1.165) is 71.0 Å². The fourth-order valence-electron chi connectivity index (χ4n) is 4.99. The van der Waals surface area contributed by atoms with Gasteiger partial charge in [0.2, 0.25) is 5.91 Å². The van der Waals surface area contributed by atoms with Gasteiger partial charge in [-0.05, 0) is 55.1 Å². The lowest BCUT2D eigenvalue weighted by atomic mass is 10.0. The van der Waals surface area contributed by atoms with E-state index in [1.165, 1.54) is 12.1 Å². The zero-order valence-electron chi connectivity index (χ0n) is 21.6. The second kappa shape index (κ2) is 10.6. The zero-order valence-corrected chi connectivity index (χ0v) is 21.6. The Balaban J connectivity index is 1.38. The molecule has 9 heteroatoms. The standard InChI is InChI=1S/C30H28FN7O/c1-37-14-16-38(17-15-37)24-10-13-34-30-27(23-4-2-3-11-32-23)28(36-29(24)30)21-9-12-33-25(19-21)35-26(39)18-20-5-7-22(31)8-6-20/h2-13,19,36H,14-18H2,1H3,(H,33,35,39). The van der Waals surface area contributed by atoms with Gasteiger partial charge in [-0.3, -0.25) is 14.8 Å². The first kappa shape index (κ1) is 24.7. The molecule has 5 heterocycles. The topological polar surface area (TPSA) is 90.0 Å². The van der Waals surface area contributed by atoms with Gasteiger partial charge in [-0.15, -0.1) is 0 Å². The maximum atomic E-state index is 13.2. The third kappa shape index (κ3) is 5.21. The van der Waals surface area contributed by atoms with Crippen LogP contribution in [0.15, 0.2) is 79.3 Å². The van der Waals surface area contributed by atoms with E-state index in [0.29, 0.717) is 5.82 Å². The number of piperazine rings is 1. The molecular formula is C30H28FN7O. The van der Waals surface area contributed by atoms with Crippen LogP contribution in [0.3, 0.4) is 0 Å². The smallest absolute Gasteiger partial charge is 0.229 e. The van der Waals surface area contributed by atoms with Gasteiger partial charge in [0.05, 0.1) is 34.6 Å². The molecule has 0 saturated carbocycles. The molecule has 1 amide bonds. The Hall–Kier alpha value is -4.63. The third-order valence-electron chi connectivity index (χ3n) is 7.02. The largest absolute Gasteiger partial charge is 0.367 e. The SMILES string of the molecule is CN1CCN(c2ccnc3c(-c4ccccn4)c(-c4ccnc(NC(=O)Cc5ccc(F)cc5)c4)[nH]c23)CC1. The maximum absolute atomic E-state index is 13.2. The molecule has 1 fully saturated rings. The highest BCUT2D eigenvalue weighted by atomic mass is 19.1. The number of carbonyl (C=O) groups is 1. The molecule has 1 aromatic carbocycles. The van der Waals surface area contributed by atoms with Crippen molar-refractivity contribution in [2.75, 3.05) is 43.4 Å². The summed E-state index contributed by atoms with van der Waals surface area (Å²) in [5.74, 6) is -0.134. The Bertz CT molecular complexity index is 1610. The number of aromatic amines is 1. The minimum atomic E-state index is -0.333. The van der Waals surface area contributed by atoms with Gasteiger partial charge >= 0.3 is 0 Å². The molecule has 0 atom stereocenters. The number of halogens is 1. The number of pyridine rings is 3. The summed E-state index contributed by atoms with van der Waals surface area (Å²) < 4.78 is 13.2. The number of fused-ring (bicyclic) bond motifs is 1. The van der Waals surface area contributed by atoms with Crippen LogP contribution < -0.4 is 10.2 Å². The molecule has 1 saturated heterocycles. The fourth-order valence-corrected chi connectivity index (χ4v) is 4.99. The summed E-state index contributed by atoms with van der Waals surface area (Å²) in [5.41, 5.74) is 7.05. The van der Waals surface area contributed by atoms with Gasteiger partial charge in [0.25, 0.3) is 0 Å². The molecule has 0 radical (unpaired) electrons. The van der Waals surface area contributed by atoms with Crippen LogP contribution in [0, 0.1) is 5.82 Å². The van der Waals surface area contributed by atoms with Gasteiger partial charge in [0.1, 0.15) is 17.2 Å². The Morgan fingerprint density at radius 2 is 1.74 bits per heavy atom. The van der Waals surface area contributed by atoms with Crippen LogP contribution in [-0.2, 0) is 11.2 Å². The Morgan fingerprint density at radius 3 is 2.51 bits per heavy atom. The van der Waals surface area contributed by atoms with Crippen molar-refractivity contribution in [3.05, 3.63) is 90.6 Å². The Morgan fingerprint density at radius 1 is 0.949 bits per heavy atom. The fraction of sp³-hybridized carbons (Fsp3) is 0.200. The van der Waals surface area contributed by atoms with E-state index in [2.05, 4.69) is 43.2 Å². The summed E-state index contributed by atoms with van der Waals surface area (Å²) in [6, 6.07) is 17.5. The minimum absolute atomic E-state index is 0.121. The van der Waals surface area contributed by atoms with Gasteiger partial charge in [0.15, 0.2) is 0 Å². The van der Waals surface area contributed by atoms with Gasteiger partial charge < -0.3 is 20.1 Å². The van der Waals surface area contributed by atoms with E-state index in [1.807, 2.05) is 36.5 Å². The van der Waals surface area contributed by atoms with Crippen LogP contribution >= 0.6 is 0 Å². The Labute approximate surface area is 225 Å². The summed E-state index contributed by atoms with van der Waals surface area (Å²) in [7, 11) is 2.14. The highest BCUT2D eigenvalue weighted by molar-refractivity contribution is 6.05. The monoisotopic (exact) mass is 521 g/mol. The number of nitrogens with one attached hydrogen (secondary N) is 2. The number of rotatable bonds is 6. The van der Waals surface area contributed by atoms with Crippen LogP contribution in [0.2, 0.25) is 0 Å². The molecule has 2 N–H and O–H groups in total. The predicted octanol–water partition coefficient (Wildman–Crippen LogP) is 4.76. The van der Waals surface area contributed by atoms with Gasteiger partial charge in [-0.25, -0.2) is 9.37 Å². The lowest BCUT2D eigenvalue weighted by Crippen LogP contribution is -2.44. The molecular weight excluding hydrogens is 493 g/mol. The number of aromatic nitrogens is 4. The molecule has 1 aliphatic rings. The van der Waals surface area contributed by atoms with Crippen molar-refractivity contribution in [3.63, 3.8) is 0 Å². The number of anilines is 2. The van der Waals surface area contributed by atoms with E-state index < -0.39 is 0 Å². The van der Waals surface area contributed by atoms with E-state index >= 15 is 0 Å². The summed E-state index contributed by atoms with van der Waals surface area (Å²) in [4.78, 5) is 34.9. The summed E-state index contributed by atoms with van der Waals surface area (Å²) in [5, 5.41) is 2.87. The normalized spacial score (nSPS) is 14.1. The average Bonchev–Trinajstić information content (AvgIpc) is 3.35. The Kier molecular flexibility index (Phi) is 6.73. The summed E-state index contributed by atoms with van der Waals surface area (Å²) in [6.45, 7) is 3.86. The number of carbonyl (C=O) groups excluding carboxylic acids is 1. The van der Waals surface area contributed by atoms with Gasteiger partial charge in [-0.2, -0.15) is 0 Å². The molecule has 6 rings (SSSR count). The molecule has 0 spiro atoms. The first-order valence-electron chi connectivity index (χ1n) is 12.9. The molecule has 196 valence electrons. The highest BCUT2D eigenvalue weighted by Crippen LogP contribution is 2.40. The lowest BCUT2D eigenvalue weighted by Gasteiger charge is -2.34. The molecule has 5 aromatic rings. The minimum Gasteiger partial charge on any atom is -0.367 e. The first-order chi connectivity index (χ1) is 19.0. The molecule has 4 aromatic heterocycles. The number of benzene rings is 1. The van der Waals surface area contributed by atoms with E-state index in [4.69, 9.17) is 4.98 Å². The second-order valence-corrected chi connectivity index (χ2v) is 9.72. The van der Waals surface area contributed by atoms with E-state index in [-0.39, 0.29) is 18.1 Å². The molecule has 1 aliphatic heterocycles. The van der Waals surface area contributed by atoms with Crippen LogP contribution in [0.25, 0.3) is 33.5 Å². The maximum Gasteiger partial charge on any atom is 0.229 e. The molecule has 8 nitrogen and oxygen atoms in total. The highest BCUT2D eigenvalue weighted by Gasteiger charge is 2.23. The number of H-pyrrole nitrogens is 1. The first-order valence-corrected chi connectivity index (χ1v) is 12.9. The summed E-state index contributed by atoms with van der Waals surface area (Å²) >= 11 is 0. The van der Waals surface area contributed by atoms with Crippen LogP contribution in [-0.4, -0.2) is 64.0 Å². The summed E-state index contributed by atoms with van der Waals surface area (Å²) in [6.07, 6.45) is 5.42. The number of hydrogen-bond donors (Lipinski definition) is 2. The quantitative estimate of drug-likeness (QED) is 0.335. The van der Waals surface area contributed by atoms with Crippen molar-refractivity contribution < 1.29 is 9.18 Å².